The maximum Gasteiger partial charge on any atom is 0.142 e. The van der Waals surface area contributed by atoms with E-state index >= 15 is 0 Å². The van der Waals surface area contributed by atoms with Crippen LogP contribution < -0.4 is 0 Å². The zero-order chi connectivity index (χ0) is 16.3. The van der Waals surface area contributed by atoms with Gasteiger partial charge in [-0.1, -0.05) is 83.0 Å². The Morgan fingerprint density at radius 1 is 0.636 bits per heavy atom. The van der Waals surface area contributed by atoms with Crippen molar-refractivity contribution in [3.63, 3.8) is 0 Å². The van der Waals surface area contributed by atoms with Gasteiger partial charge in [0.1, 0.15) is 12.2 Å². The Morgan fingerprint density at radius 2 is 1.05 bits per heavy atom. The van der Waals surface area contributed by atoms with Crippen LogP contribution in [0, 0.1) is 24.1 Å². The van der Waals surface area contributed by atoms with Crippen molar-refractivity contribution < 1.29 is 9.68 Å². The minimum atomic E-state index is 0.695. The third kappa shape index (κ3) is 15.1. The number of nitrogens with zero attached hydrogens (tertiary/aromatic N) is 1. The summed E-state index contributed by atoms with van der Waals surface area (Å²) in [6.45, 7) is 6.42. The average molecular weight is 307 g/mol. The van der Waals surface area contributed by atoms with E-state index in [1.165, 1.54) is 69.4 Å². The number of unbranched alkanes of at least 4 members (excludes halogenated alkanes) is 10. The van der Waals surface area contributed by atoms with Crippen LogP contribution in [0.4, 0.5) is 0 Å². The first-order valence-corrected chi connectivity index (χ1v) is 8.80. The van der Waals surface area contributed by atoms with Gasteiger partial charge in [0, 0.05) is 19.1 Å². The Hall–Kier alpha value is -1.32. The van der Waals surface area contributed by atoms with E-state index in [2.05, 4.69) is 31.0 Å². The molecular weight excluding hydrogens is 274 g/mol. The summed E-state index contributed by atoms with van der Waals surface area (Å²) < 4.78 is 0. The molecular formula is C19H33NO2. The molecule has 0 amide bonds. The Bertz CT molecular complexity index is 324. The van der Waals surface area contributed by atoms with Crippen LogP contribution in [0.25, 0.3) is 0 Å². The van der Waals surface area contributed by atoms with Crippen LogP contribution in [-0.4, -0.2) is 11.8 Å². The normalized spacial score (nSPS) is 9.64. The van der Waals surface area contributed by atoms with Gasteiger partial charge < -0.3 is 9.68 Å². The summed E-state index contributed by atoms with van der Waals surface area (Å²) in [6, 6.07) is 0. The van der Waals surface area contributed by atoms with E-state index in [1.54, 1.807) is 13.8 Å². The van der Waals surface area contributed by atoms with Crippen LogP contribution in [0.1, 0.15) is 91.4 Å². The summed E-state index contributed by atoms with van der Waals surface area (Å²) in [5.41, 5.74) is 0. The smallest absolute Gasteiger partial charge is 0.142 e. The predicted molar refractivity (Wildman–Crippen MR) is 92.2 cm³/mol. The maximum atomic E-state index is 5.13. The Balaban J connectivity index is 3.43. The second kappa shape index (κ2) is 17.7. The lowest BCUT2D eigenvalue weighted by Gasteiger charge is -2.13. The lowest BCUT2D eigenvalue weighted by Crippen LogP contribution is -2.21. The van der Waals surface area contributed by atoms with Crippen LogP contribution >= 0.6 is 0 Å². The molecule has 0 fully saturated rings. The molecule has 126 valence electrons. The minimum absolute atomic E-state index is 0.695. The summed E-state index contributed by atoms with van der Waals surface area (Å²) >= 11 is 0. The van der Waals surface area contributed by atoms with Crippen molar-refractivity contribution in [2.75, 3.05) is 6.54 Å². The third-order valence-corrected chi connectivity index (χ3v) is 3.44. The first-order chi connectivity index (χ1) is 10.8. The number of hydrogen-bond donors (Lipinski definition) is 0. The fourth-order valence-corrected chi connectivity index (χ4v) is 2.21. The Labute approximate surface area is 137 Å². The molecule has 0 rings (SSSR count). The van der Waals surface area contributed by atoms with Crippen LogP contribution in [0.3, 0.4) is 0 Å². The highest BCUT2D eigenvalue weighted by molar-refractivity contribution is 4.86. The summed E-state index contributed by atoms with van der Waals surface area (Å²) in [4.78, 5) is 10.3. The van der Waals surface area contributed by atoms with Gasteiger partial charge in [0.05, 0.1) is 6.54 Å². The molecule has 0 atom stereocenters. The van der Waals surface area contributed by atoms with Crippen molar-refractivity contribution in [3.8, 4) is 24.1 Å². The highest BCUT2D eigenvalue weighted by Gasteiger charge is 2.04. The molecule has 3 heteroatoms. The highest BCUT2D eigenvalue weighted by atomic mass is 16.9. The molecule has 0 bridgehead atoms. The SMILES string of the molecule is CC#CON(CCCCCCCCCCCCC)OC#CC. The molecule has 3 nitrogen and oxygen atoms in total. The molecule has 0 aliphatic heterocycles. The van der Waals surface area contributed by atoms with Crippen LogP contribution in [-0.2, 0) is 9.68 Å². The zero-order valence-corrected chi connectivity index (χ0v) is 14.7. The fourth-order valence-electron chi connectivity index (χ4n) is 2.21. The molecule has 0 spiro atoms. The largest absolute Gasteiger partial charge is 0.317 e. The molecule has 0 aromatic carbocycles. The van der Waals surface area contributed by atoms with Crippen molar-refractivity contribution >= 4 is 0 Å². The second-order valence-electron chi connectivity index (χ2n) is 5.48. The van der Waals surface area contributed by atoms with E-state index in [0.717, 1.165) is 6.42 Å². The van der Waals surface area contributed by atoms with Gasteiger partial charge >= 0.3 is 0 Å². The molecule has 0 saturated heterocycles. The van der Waals surface area contributed by atoms with Gasteiger partial charge in [-0.25, -0.2) is 0 Å². The van der Waals surface area contributed by atoms with E-state index in [4.69, 9.17) is 9.68 Å². The molecule has 0 radical (unpaired) electrons. The van der Waals surface area contributed by atoms with Gasteiger partial charge in [0.25, 0.3) is 0 Å². The van der Waals surface area contributed by atoms with Gasteiger partial charge in [0.15, 0.2) is 0 Å². The third-order valence-electron chi connectivity index (χ3n) is 3.44. The van der Waals surface area contributed by atoms with Crippen LogP contribution in [0.15, 0.2) is 0 Å². The van der Waals surface area contributed by atoms with Crippen molar-refractivity contribution in [1.29, 1.82) is 0 Å². The minimum Gasteiger partial charge on any atom is -0.317 e. The monoisotopic (exact) mass is 307 g/mol. The zero-order valence-electron chi connectivity index (χ0n) is 14.7. The number of hydrogen-bond acceptors (Lipinski definition) is 3. The summed E-state index contributed by atoms with van der Waals surface area (Å²) in [7, 11) is 0. The van der Waals surface area contributed by atoms with Crippen molar-refractivity contribution in [2.45, 2.75) is 91.4 Å². The van der Waals surface area contributed by atoms with Gasteiger partial charge in [-0.2, -0.15) is 0 Å². The van der Waals surface area contributed by atoms with Gasteiger partial charge in [-0.3, -0.25) is 0 Å². The fraction of sp³-hybridized carbons (Fsp3) is 0.789. The first kappa shape index (κ1) is 20.7. The topological polar surface area (TPSA) is 21.7 Å². The Morgan fingerprint density at radius 3 is 1.45 bits per heavy atom. The molecule has 0 heterocycles. The average Bonchev–Trinajstić information content (AvgIpc) is 2.54. The number of rotatable bonds is 14. The molecule has 0 aliphatic carbocycles. The van der Waals surface area contributed by atoms with Gasteiger partial charge in [0.2, 0.25) is 0 Å². The Kier molecular flexibility index (Phi) is 16.7. The van der Waals surface area contributed by atoms with Crippen molar-refractivity contribution in [1.82, 2.24) is 5.23 Å². The molecule has 0 N–H and O–H groups in total. The summed E-state index contributed by atoms with van der Waals surface area (Å²) in [6.07, 6.45) is 19.6. The summed E-state index contributed by atoms with van der Waals surface area (Å²) in [5.74, 6) is 5.35. The molecule has 22 heavy (non-hydrogen) atoms. The van der Waals surface area contributed by atoms with E-state index < -0.39 is 0 Å². The number of hydroxylamine groups is 2. The lowest BCUT2D eigenvalue weighted by atomic mass is 10.1. The summed E-state index contributed by atoms with van der Waals surface area (Å²) in [5, 5.41) is 1.36. The maximum absolute atomic E-state index is 5.13. The van der Waals surface area contributed by atoms with Crippen LogP contribution in [0.5, 0.6) is 0 Å². The van der Waals surface area contributed by atoms with Crippen molar-refractivity contribution in [3.05, 3.63) is 0 Å². The predicted octanol–water partition coefficient (Wildman–Crippen LogP) is 5.42. The standard InChI is InChI=1S/C19H33NO2/c1-4-7-8-9-10-11-12-13-14-15-16-17-20(21-18-5-2)22-19-6-3/h4,7-17H2,1-3H3. The quantitative estimate of drug-likeness (QED) is 0.243. The molecule has 0 aromatic rings. The van der Waals surface area contributed by atoms with E-state index in [1.807, 2.05) is 0 Å². The lowest BCUT2D eigenvalue weighted by molar-refractivity contribution is -0.297. The first-order valence-electron chi connectivity index (χ1n) is 8.80. The van der Waals surface area contributed by atoms with Gasteiger partial charge in [-0.05, 0) is 6.42 Å². The van der Waals surface area contributed by atoms with Gasteiger partial charge in [-0.15, -0.1) is 0 Å². The van der Waals surface area contributed by atoms with Crippen molar-refractivity contribution in [2.24, 2.45) is 0 Å². The molecule has 0 aromatic heterocycles. The molecule has 0 saturated carbocycles. The van der Waals surface area contributed by atoms with Crippen LogP contribution in [0.2, 0.25) is 0 Å². The molecule has 0 unspecified atom stereocenters. The highest BCUT2D eigenvalue weighted by Crippen LogP contribution is 2.11. The van der Waals surface area contributed by atoms with E-state index in [0.29, 0.717) is 6.54 Å². The molecule has 0 aliphatic rings. The van der Waals surface area contributed by atoms with E-state index in [-0.39, 0.29) is 0 Å². The van der Waals surface area contributed by atoms with E-state index in [9.17, 15) is 0 Å². The second-order valence-corrected chi connectivity index (χ2v) is 5.48.